The molecule has 19 heavy (non-hydrogen) atoms. The zero-order valence-corrected chi connectivity index (χ0v) is 9.75. The zero-order chi connectivity index (χ0) is 13.8. The van der Waals surface area contributed by atoms with Crippen LogP contribution in [0, 0.1) is 15.9 Å². The highest BCUT2D eigenvalue weighted by molar-refractivity contribution is 5.59. The molecule has 1 heterocycles. The molecule has 2 rings (SSSR count). The van der Waals surface area contributed by atoms with Crippen molar-refractivity contribution in [1.82, 2.24) is 20.6 Å². The number of nitrogens with one attached hydrogen (secondary N) is 2. The van der Waals surface area contributed by atoms with Crippen molar-refractivity contribution in [1.29, 1.82) is 0 Å². The Kier molecular flexibility index (Phi) is 3.50. The third-order valence-corrected chi connectivity index (χ3v) is 2.29. The van der Waals surface area contributed by atoms with Crippen LogP contribution < -0.4 is 10.1 Å². The second kappa shape index (κ2) is 5.25. The second-order valence-electron chi connectivity index (χ2n) is 3.44. The molecular weight excluding hydrogens is 259 g/mol. The van der Waals surface area contributed by atoms with Crippen LogP contribution in [0.25, 0.3) is 0 Å². The van der Waals surface area contributed by atoms with Gasteiger partial charge in [-0.2, -0.15) is 5.21 Å². The Morgan fingerprint density at radius 1 is 1.58 bits per heavy atom. The minimum absolute atomic E-state index is 0.0398. The molecule has 0 atom stereocenters. The van der Waals surface area contributed by atoms with Crippen LogP contribution in [0.2, 0.25) is 0 Å². The Morgan fingerprint density at radius 2 is 2.37 bits per heavy atom. The summed E-state index contributed by atoms with van der Waals surface area (Å²) in [5, 5.41) is 26.3. The average Bonchev–Trinajstić information content (AvgIpc) is 2.90. The Hall–Kier alpha value is -2.78. The van der Waals surface area contributed by atoms with Crippen LogP contribution in [-0.4, -0.2) is 32.7 Å². The van der Waals surface area contributed by atoms with E-state index in [1.165, 1.54) is 13.2 Å². The summed E-state index contributed by atoms with van der Waals surface area (Å²) in [6, 6.07) is 1.99. The number of halogens is 1. The molecule has 0 fully saturated rings. The van der Waals surface area contributed by atoms with Crippen molar-refractivity contribution in [2.45, 2.75) is 6.54 Å². The summed E-state index contributed by atoms with van der Waals surface area (Å²) >= 11 is 0. The number of H-pyrrole nitrogens is 1. The van der Waals surface area contributed by atoms with Gasteiger partial charge in [0, 0.05) is 6.07 Å². The monoisotopic (exact) mass is 268 g/mol. The van der Waals surface area contributed by atoms with Crippen molar-refractivity contribution in [3.63, 3.8) is 0 Å². The average molecular weight is 268 g/mol. The number of benzene rings is 1. The van der Waals surface area contributed by atoms with E-state index in [2.05, 4.69) is 25.9 Å². The number of ether oxygens (including phenoxy) is 1. The quantitative estimate of drug-likeness (QED) is 0.609. The van der Waals surface area contributed by atoms with Gasteiger partial charge in [0.2, 0.25) is 0 Å². The molecule has 0 aliphatic rings. The van der Waals surface area contributed by atoms with Gasteiger partial charge >= 0.3 is 5.69 Å². The fraction of sp³-hybridized carbons (Fsp3) is 0.222. The summed E-state index contributed by atoms with van der Waals surface area (Å²) in [6.45, 7) is 0.119. The standard InChI is InChI=1S/C9H9FN6O3/c1-19-8-3-6(5(10)2-7(8)16(17)18)11-4-9-12-14-15-13-9/h2-3,11H,4H2,1H3,(H,12,13,14,15). The number of rotatable bonds is 5. The summed E-state index contributed by atoms with van der Waals surface area (Å²) in [5.74, 6) is -0.477. The molecule has 2 N–H and O–H groups in total. The normalized spacial score (nSPS) is 10.2. The molecule has 0 aliphatic heterocycles. The third kappa shape index (κ3) is 2.73. The molecule has 9 nitrogen and oxygen atoms in total. The van der Waals surface area contributed by atoms with Gasteiger partial charge in [-0.3, -0.25) is 10.1 Å². The van der Waals surface area contributed by atoms with Gasteiger partial charge in [-0.25, -0.2) is 4.39 Å². The number of methoxy groups -OCH3 is 1. The maximum atomic E-state index is 13.7. The molecule has 0 radical (unpaired) electrons. The summed E-state index contributed by atoms with van der Waals surface area (Å²) in [6.07, 6.45) is 0. The lowest BCUT2D eigenvalue weighted by molar-refractivity contribution is -0.385. The molecule has 2 aromatic rings. The van der Waals surface area contributed by atoms with E-state index in [9.17, 15) is 14.5 Å². The minimum atomic E-state index is -0.768. The van der Waals surface area contributed by atoms with Crippen molar-refractivity contribution in [2.75, 3.05) is 12.4 Å². The van der Waals surface area contributed by atoms with E-state index in [0.717, 1.165) is 6.07 Å². The number of nitrogens with zero attached hydrogens (tertiary/aromatic N) is 4. The van der Waals surface area contributed by atoms with Crippen LogP contribution >= 0.6 is 0 Å². The minimum Gasteiger partial charge on any atom is -0.490 e. The van der Waals surface area contributed by atoms with Gasteiger partial charge in [0.15, 0.2) is 17.4 Å². The molecule has 0 aliphatic carbocycles. The largest absolute Gasteiger partial charge is 0.490 e. The maximum Gasteiger partial charge on any atom is 0.313 e. The number of aromatic amines is 1. The number of tetrazole rings is 1. The van der Waals surface area contributed by atoms with Gasteiger partial charge in [-0.15, -0.1) is 10.2 Å². The number of nitro benzene ring substituents is 1. The van der Waals surface area contributed by atoms with Crippen LogP contribution in [0.5, 0.6) is 5.75 Å². The molecule has 0 spiro atoms. The van der Waals surface area contributed by atoms with Gasteiger partial charge in [0.05, 0.1) is 30.3 Å². The van der Waals surface area contributed by atoms with E-state index in [4.69, 9.17) is 4.74 Å². The van der Waals surface area contributed by atoms with Crippen molar-refractivity contribution in [3.8, 4) is 5.75 Å². The van der Waals surface area contributed by atoms with Gasteiger partial charge in [0.25, 0.3) is 0 Å². The molecule has 100 valence electrons. The van der Waals surface area contributed by atoms with E-state index in [1.54, 1.807) is 0 Å². The van der Waals surface area contributed by atoms with Gasteiger partial charge < -0.3 is 10.1 Å². The highest BCUT2D eigenvalue weighted by Gasteiger charge is 2.19. The van der Waals surface area contributed by atoms with Crippen LogP contribution in [0.3, 0.4) is 0 Å². The highest BCUT2D eigenvalue weighted by atomic mass is 19.1. The molecular formula is C9H9FN6O3. The van der Waals surface area contributed by atoms with Crippen molar-refractivity contribution in [3.05, 3.63) is 33.9 Å². The highest BCUT2D eigenvalue weighted by Crippen LogP contribution is 2.32. The van der Waals surface area contributed by atoms with Gasteiger partial charge in [-0.05, 0) is 0 Å². The second-order valence-corrected chi connectivity index (χ2v) is 3.44. The molecule has 0 saturated carbocycles. The first-order valence-corrected chi connectivity index (χ1v) is 5.10. The predicted molar refractivity (Wildman–Crippen MR) is 61.1 cm³/mol. The molecule has 0 bridgehead atoms. The fourth-order valence-electron chi connectivity index (χ4n) is 1.42. The Bertz CT molecular complexity index is 588. The smallest absolute Gasteiger partial charge is 0.313 e. The van der Waals surface area contributed by atoms with Crippen LogP contribution in [-0.2, 0) is 6.54 Å². The number of nitro groups is 1. The molecule has 1 aromatic carbocycles. The number of aromatic nitrogens is 4. The molecule has 10 heteroatoms. The van der Waals surface area contributed by atoms with Crippen LogP contribution in [0.15, 0.2) is 12.1 Å². The first-order chi connectivity index (χ1) is 9.11. The third-order valence-electron chi connectivity index (χ3n) is 2.29. The van der Waals surface area contributed by atoms with E-state index < -0.39 is 16.4 Å². The Labute approximate surface area is 105 Å². The first kappa shape index (κ1) is 12.7. The predicted octanol–water partition coefficient (Wildman–Crippen LogP) is 0.868. The molecule has 1 aromatic heterocycles. The zero-order valence-electron chi connectivity index (χ0n) is 9.75. The number of hydrogen-bond donors (Lipinski definition) is 2. The molecule has 0 amide bonds. The fourth-order valence-corrected chi connectivity index (χ4v) is 1.42. The van der Waals surface area contributed by atoms with E-state index in [0.29, 0.717) is 5.82 Å². The van der Waals surface area contributed by atoms with E-state index >= 15 is 0 Å². The van der Waals surface area contributed by atoms with Crippen LogP contribution in [0.1, 0.15) is 5.82 Å². The van der Waals surface area contributed by atoms with Crippen LogP contribution in [0.4, 0.5) is 15.8 Å². The van der Waals surface area contributed by atoms with Crippen molar-refractivity contribution < 1.29 is 14.1 Å². The summed E-state index contributed by atoms with van der Waals surface area (Å²) < 4.78 is 18.5. The molecule has 0 unspecified atom stereocenters. The topological polar surface area (TPSA) is 119 Å². The number of hydrogen-bond acceptors (Lipinski definition) is 7. The van der Waals surface area contributed by atoms with Gasteiger partial charge in [0.1, 0.15) is 0 Å². The summed E-state index contributed by atoms with van der Waals surface area (Å²) in [5.41, 5.74) is -0.391. The maximum absolute atomic E-state index is 13.7. The van der Waals surface area contributed by atoms with Crippen molar-refractivity contribution >= 4 is 11.4 Å². The Morgan fingerprint density at radius 3 is 2.95 bits per heavy atom. The summed E-state index contributed by atoms with van der Waals surface area (Å²) in [7, 11) is 1.27. The lowest BCUT2D eigenvalue weighted by atomic mass is 10.2. The van der Waals surface area contributed by atoms with Crippen molar-refractivity contribution in [2.24, 2.45) is 0 Å². The summed E-state index contributed by atoms with van der Waals surface area (Å²) in [4.78, 5) is 9.98. The van der Waals surface area contributed by atoms with E-state index in [-0.39, 0.29) is 18.0 Å². The van der Waals surface area contributed by atoms with E-state index in [1.807, 2.05) is 0 Å². The lowest BCUT2D eigenvalue weighted by Gasteiger charge is -2.08. The first-order valence-electron chi connectivity index (χ1n) is 5.10. The molecule has 0 saturated heterocycles. The lowest BCUT2D eigenvalue weighted by Crippen LogP contribution is -2.05. The SMILES string of the molecule is COc1cc(NCc2nn[nH]n2)c(F)cc1[N+](=O)[O-]. The van der Waals surface area contributed by atoms with Gasteiger partial charge in [-0.1, -0.05) is 5.21 Å². The number of anilines is 1. The Balaban J connectivity index is 2.23.